The Morgan fingerprint density at radius 1 is 1.17 bits per heavy atom. The summed E-state index contributed by atoms with van der Waals surface area (Å²) in [5.74, 6) is -1.29. The Morgan fingerprint density at radius 3 is 2.45 bits per heavy atom. The molecule has 1 amide bonds. The average Bonchev–Trinajstić information content (AvgIpc) is 3.19. The number of amides is 1. The molecule has 1 saturated heterocycles. The Kier molecular flexibility index (Phi) is 5.12. The van der Waals surface area contributed by atoms with Crippen LogP contribution in [0.2, 0.25) is 0 Å². The summed E-state index contributed by atoms with van der Waals surface area (Å²) in [5, 5.41) is 22.7. The smallest absolute Gasteiger partial charge is 0.339 e. The van der Waals surface area contributed by atoms with Crippen LogP contribution in [0.4, 0.5) is 10.7 Å². The van der Waals surface area contributed by atoms with Crippen LogP contribution in [-0.4, -0.2) is 41.3 Å². The number of carbonyl (C=O) groups is 2. The second kappa shape index (κ2) is 7.46. The molecule has 2 aromatic rings. The molecule has 1 aliphatic carbocycles. The summed E-state index contributed by atoms with van der Waals surface area (Å²) in [4.78, 5) is 27.9. The number of thiophene rings is 1. The molecule has 0 radical (unpaired) electrons. The molecule has 1 aromatic carbocycles. The summed E-state index contributed by atoms with van der Waals surface area (Å²) < 4.78 is 0. The third-order valence-electron chi connectivity index (χ3n) is 6.04. The number of aromatic carboxylic acids is 1. The van der Waals surface area contributed by atoms with Crippen molar-refractivity contribution >= 4 is 33.9 Å². The number of aliphatic hydroxyl groups excluding tert-OH is 1. The Hall–Kier alpha value is -2.38. The first-order valence-electron chi connectivity index (χ1n) is 10.00. The SMILES string of the molecule is CC1(C)CCc2sc(NC(=O)c3ccc(N4CCC(O)CC4)cc3)c(C(=O)O)c21. The van der Waals surface area contributed by atoms with Gasteiger partial charge in [0, 0.05) is 29.2 Å². The number of nitrogens with zero attached hydrogens (tertiary/aromatic N) is 1. The van der Waals surface area contributed by atoms with Gasteiger partial charge >= 0.3 is 5.97 Å². The van der Waals surface area contributed by atoms with E-state index in [-0.39, 0.29) is 23.0 Å². The maximum absolute atomic E-state index is 12.8. The number of hydrogen-bond donors (Lipinski definition) is 3. The van der Waals surface area contributed by atoms with E-state index in [2.05, 4.69) is 24.1 Å². The molecule has 1 aromatic heterocycles. The van der Waals surface area contributed by atoms with Crippen LogP contribution in [0, 0.1) is 0 Å². The van der Waals surface area contributed by atoms with Gasteiger partial charge in [0.2, 0.25) is 0 Å². The molecule has 1 aliphatic heterocycles. The van der Waals surface area contributed by atoms with Gasteiger partial charge in [-0.2, -0.15) is 0 Å². The van der Waals surface area contributed by atoms with Crippen LogP contribution >= 0.6 is 11.3 Å². The number of nitrogens with one attached hydrogen (secondary N) is 1. The highest BCUT2D eigenvalue weighted by Crippen LogP contribution is 2.48. The van der Waals surface area contributed by atoms with Crippen LogP contribution in [0.1, 0.15) is 64.3 Å². The first-order valence-corrected chi connectivity index (χ1v) is 10.8. The van der Waals surface area contributed by atoms with Crippen LogP contribution in [0.3, 0.4) is 0 Å². The van der Waals surface area contributed by atoms with Gasteiger partial charge in [0.05, 0.1) is 11.7 Å². The lowest BCUT2D eigenvalue weighted by atomic mass is 9.85. The van der Waals surface area contributed by atoms with E-state index in [0.29, 0.717) is 10.6 Å². The first kappa shape index (κ1) is 19.9. The monoisotopic (exact) mass is 414 g/mol. The average molecular weight is 415 g/mol. The van der Waals surface area contributed by atoms with E-state index >= 15 is 0 Å². The van der Waals surface area contributed by atoms with E-state index in [1.165, 1.54) is 11.3 Å². The molecule has 3 N–H and O–H groups in total. The molecular formula is C22H26N2O4S. The molecule has 29 heavy (non-hydrogen) atoms. The normalized spacial score (nSPS) is 18.5. The zero-order chi connectivity index (χ0) is 20.8. The maximum atomic E-state index is 12.8. The second-order valence-electron chi connectivity index (χ2n) is 8.51. The van der Waals surface area contributed by atoms with Crippen molar-refractivity contribution in [3.63, 3.8) is 0 Å². The van der Waals surface area contributed by atoms with Gasteiger partial charge in [-0.05, 0) is 60.9 Å². The highest BCUT2D eigenvalue weighted by molar-refractivity contribution is 7.17. The number of aryl methyl sites for hydroxylation is 1. The molecular weight excluding hydrogens is 388 g/mol. The summed E-state index contributed by atoms with van der Waals surface area (Å²) in [7, 11) is 0. The van der Waals surface area contributed by atoms with Gasteiger partial charge < -0.3 is 20.4 Å². The Labute approximate surface area is 174 Å². The van der Waals surface area contributed by atoms with Crippen molar-refractivity contribution in [2.75, 3.05) is 23.3 Å². The quantitative estimate of drug-likeness (QED) is 0.706. The number of fused-ring (bicyclic) bond motifs is 1. The minimum atomic E-state index is -0.990. The van der Waals surface area contributed by atoms with Gasteiger partial charge in [-0.1, -0.05) is 13.8 Å². The number of aliphatic hydroxyl groups is 1. The number of carboxylic acids is 1. The third-order valence-corrected chi connectivity index (χ3v) is 7.20. The number of hydrogen-bond acceptors (Lipinski definition) is 5. The maximum Gasteiger partial charge on any atom is 0.339 e. The number of benzene rings is 1. The molecule has 0 unspecified atom stereocenters. The lowest BCUT2D eigenvalue weighted by molar-refractivity contribution is 0.0696. The van der Waals surface area contributed by atoms with Gasteiger partial charge in [-0.3, -0.25) is 4.79 Å². The second-order valence-corrected chi connectivity index (χ2v) is 9.62. The van der Waals surface area contributed by atoms with E-state index < -0.39 is 5.97 Å². The van der Waals surface area contributed by atoms with E-state index in [0.717, 1.165) is 54.9 Å². The van der Waals surface area contributed by atoms with Gasteiger partial charge in [0.1, 0.15) is 5.00 Å². The van der Waals surface area contributed by atoms with Crippen molar-refractivity contribution < 1.29 is 19.8 Å². The van der Waals surface area contributed by atoms with E-state index in [1.807, 2.05) is 12.1 Å². The van der Waals surface area contributed by atoms with Crippen LogP contribution in [0.15, 0.2) is 24.3 Å². The minimum absolute atomic E-state index is 0.188. The molecule has 4 rings (SSSR count). The minimum Gasteiger partial charge on any atom is -0.478 e. The van der Waals surface area contributed by atoms with E-state index in [9.17, 15) is 19.8 Å². The topological polar surface area (TPSA) is 89.9 Å². The molecule has 0 bridgehead atoms. The highest BCUT2D eigenvalue weighted by atomic mass is 32.1. The highest BCUT2D eigenvalue weighted by Gasteiger charge is 2.38. The van der Waals surface area contributed by atoms with Gasteiger partial charge in [-0.15, -0.1) is 11.3 Å². The number of carbonyl (C=O) groups excluding carboxylic acids is 1. The van der Waals surface area contributed by atoms with Crippen molar-refractivity contribution in [2.24, 2.45) is 0 Å². The number of rotatable bonds is 4. The fraction of sp³-hybridized carbons (Fsp3) is 0.455. The summed E-state index contributed by atoms with van der Waals surface area (Å²) >= 11 is 1.38. The predicted molar refractivity (Wildman–Crippen MR) is 114 cm³/mol. The summed E-state index contributed by atoms with van der Waals surface area (Å²) in [6.45, 7) is 5.71. The number of carboxylic acid groups (broad SMARTS) is 1. The Morgan fingerprint density at radius 2 is 1.83 bits per heavy atom. The van der Waals surface area contributed by atoms with Crippen molar-refractivity contribution in [1.82, 2.24) is 0 Å². The third kappa shape index (κ3) is 3.76. The zero-order valence-electron chi connectivity index (χ0n) is 16.7. The van der Waals surface area contributed by atoms with Gasteiger partial charge in [-0.25, -0.2) is 4.79 Å². The Bertz CT molecular complexity index is 940. The molecule has 7 heteroatoms. The largest absolute Gasteiger partial charge is 0.478 e. The van der Waals surface area contributed by atoms with E-state index in [4.69, 9.17) is 0 Å². The van der Waals surface area contributed by atoms with Crippen LogP contribution in [-0.2, 0) is 11.8 Å². The summed E-state index contributed by atoms with van der Waals surface area (Å²) in [5.41, 5.74) is 2.44. The fourth-order valence-electron chi connectivity index (χ4n) is 4.34. The van der Waals surface area contributed by atoms with Gasteiger partial charge in [0.25, 0.3) is 5.91 Å². The molecule has 0 saturated carbocycles. The molecule has 2 aliphatic rings. The molecule has 0 atom stereocenters. The number of piperidine rings is 1. The lowest BCUT2D eigenvalue weighted by Crippen LogP contribution is -2.35. The Balaban J connectivity index is 1.52. The van der Waals surface area contributed by atoms with Crippen molar-refractivity contribution in [2.45, 2.75) is 51.0 Å². The molecule has 154 valence electrons. The zero-order valence-corrected chi connectivity index (χ0v) is 17.5. The van der Waals surface area contributed by atoms with E-state index in [1.54, 1.807) is 12.1 Å². The fourth-order valence-corrected chi connectivity index (χ4v) is 5.70. The lowest BCUT2D eigenvalue weighted by Gasteiger charge is -2.31. The molecule has 2 heterocycles. The molecule has 6 nitrogen and oxygen atoms in total. The van der Waals surface area contributed by atoms with Crippen LogP contribution < -0.4 is 10.2 Å². The van der Waals surface area contributed by atoms with Crippen molar-refractivity contribution in [1.29, 1.82) is 0 Å². The van der Waals surface area contributed by atoms with Crippen LogP contribution in [0.5, 0.6) is 0 Å². The van der Waals surface area contributed by atoms with Crippen molar-refractivity contribution in [3.8, 4) is 0 Å². The summed E-state index contributed by atoms with van der Waals surface area (Å²) in [6.07, 6.45) is 3.05. The number of anilines is 2. The van der Waals surface area contributed by atoms with Gasteiger partial charge in [0.15, 0.2) is 0 Å². The first-order chi connectivity index (χ1) is 13.8. The van der Waals surface area contributed by atoms with Crippen LogP contribution in [0.25, 0.3) is 0 Å². The standard InChI is InChI=1S/C22H26N2O4S/c1-22(2)10-7-16-18(22)17(21(27)28)20(29-16)23-19(26)13-3-5-14(6-4-13)24-11-8-15(25)9-12-24/h3-6,15,25H,7-12H2,1-2H3,(H,23,26)(H,27,28). The molecule has 0 spiro atoms. The molecule has 1 fully saturated rings. The van der Waals surface area contributed by atoms with Crippen molar-refractivity contribution in [3.05, 3.63) is 45.8 Å². The predicted octanol–water partition coefficient (Wildman–Crippen LogP) is 3.88. The summed E-state index contributed by atoms with van der Waals surface area (Å²) in [6, 6.07) is 7.34.